The lowest BCUT2D eigenvalue weighted by molar-refractivity contribution is 0.0789. The number of H-pyrrole nitrogens is 1. The van der Waals surface area contributed by atoms with E-state index in [4.69, 9.17) is 5.39 Å². The zero-order valence-electron chi connectivity index (χ0n) is 11.2. The molecule has 7 heteroatoms. The summed E-state index contributed by atoms with van der Waals surface area (Å²) in [4.78, 5) is 24.0. The SMILES string of the molecule is N#[N+]c1nc(-c2cccc(F)c2)[nH]c1C(=O)N1CCCC1. The lowest BCUT2D eigenvalue weighted by atomic mass is 10.2. The van der Waals surface area contributed by atoms with Crippen LogP contribution in [0.2, 0.25) is 0 Å². The van der Waals surface area contributed by atoms with Crippen LogP contribution in [0, 0.1) is 11.2 Å². The zero-order chi connectivity index (χ0) is 14.8. The van der Waals surface area contributed by atoms with Crippen LogP contribution in [-0.4, -0.2) is 33.9 Å². The number of amides is 1. The minimum Gasteiger partial charge on any atom is -0.337 e. The Morgan fingerprint density at radius 3 is 2.81 bits per heavy atom. The number of benzene rings is 1. The van der Waals surface area contributed by atoms with E-state index in [0.29, 0.717) is 24.5 Å². The second-order valence-corrected chi connectivity index (χ2v) is 4.89. The number of diazo groups is 1. The van der Waals surface area contributed by atoms with Crippen LogP contribution in [-0.2, 0) is 0 Å². The Morgan fingerprint density at radius 1 is 1.38 bits per heavy atom. The predicted molar refractivity (Wildman–Crippen MR) is 73.9 cm³/mol. The van der Waals surface area contributed by atoms with Crippen molar-refractivity contribution in [3.8, 4) is 11.4 Å². The van der Waals surface area contributed by atoms with Gasteiger partial charge in [0, 0.05) is 23.6 Å². The number of nitrogens with zero attached hydrogens (tertiary/aromatic N) is 4. The van der Waals surface area contributed by atoms with Crippen LogP contribution < -0.4 is 0 Å². The van der Waals surface area contributed by atoms with Crippen molar-refractivity contribution in [1.82, 2.24) is 14.9 Å². The van der Waals surface area contributed by atoms with Crippen LogP contribution in [0.1, 0.15) is 23.3 Å². The fourth-order valence-electron chi connectivity index (χ4n) is 2.44. The number of hydrogen-bond acceptors (Lipinski definition) is 3. The molecule has 1 fully saturated rings. The summed E-state index contributed by atoms with van der Waals surface area (Å²) < 4.78 is 13.3. The van der Waals surface area contributed by atoms with Gasteiger partial charge < -0.3 is 9.88 Å². The molecular weight excluding hydrogens is 273 g/mol. The van der Waals surface area contributed by atoms with Crippen LogP contribution >= 0.6 is 0 Å². The van der Waals surface area contributed by atoms with Gasteiger partial charge in [-0.25, -0.2) is 4.39 Å². The van der Waals surface area contributed by atoms with Crippen molar-refractivity contribution in [3.63, 3.8) is 0 Å². The van der Waals surface area contributed by atoms with Gasteiger partial charge >= 0.3 is 5.82 Å². The Morgan fingerprint density at radius 2 is 2.14 bits per heavy atom. The first kappa shape index (κ1) is 13.2. The molecule has 1 aromatic carbocycles. The van der Waals surface area contributed by atoms with E-state index in [1.165, 1.54) is 12.1 Å². The molecule has 0 aliphatic carbocycles. The molecule has 2 heterocycles. The maximum atomic E-state index is 13.3. The van der Waals surface area contributed by atoms with Gasteiger partial charge in [-0.05, 0) is 36.0 Å². The van der Waals surface area contributed by atoms with E-state index in [-0.39, 0.29) is 17.4 Å². The van der Waals surface area contributed by atoms with Crippen LogP contribution in [0.15, 0.2) is 24.3 Å². The Labute approximate surface area is 120 Å². The lowest BCUT2D eigenvalue weighted by Gasteiger charge is -2.12. The Bertz CT molecular complexity index is 727. The summed E-state index contributed by atoms with van der Waals surface area (Å²) in [5.41, 5.74) is 0.610. The second kappa shape index (κ2) is 5.32. The van der Waals surface area contributed by atoms with Crippen molar-refractivity contribution >= 4 is 11.7 Å². The molecule has 1 aliphatic rings. The van der Waals surface area contributed by atoms with E-state index in [9.17, 15) is 9.18 Å². The number of nitrogens with one attached hydrogen (secondary N) is 1. The number of carbonyl (C=O) groups excluding carboxylic acids is 1. The second-order valence-electron chi connectivity index (χ2n) is 4.89. The van der Waals surface area contributed by atoms with Crippen LogP contribution in [0.5, 0.6) is 0 Å². The van der Waals surface area contributed by atoms with Crippen LogP contribution in [0.3, 0.4) is 0 Å². The molecule has 0 atom stereocenters. The van der Waals surface area contributed by atoms with Gasteiger partial charge in [0.15, 0.2) is 0 Å². The number of rotatable bonds is 2. The Hall–Kier alpha value is -2.75. The molecule has 1 N–H and O–H groups in total. The van der Waals surface area contributed by atoms with Gasteiger partial charge in [-0.1, -0.05) is 6.07 Å². The monoisotopic (exact) mass is 286 g/mol. The first-order chi connectivity index (χ1) is 10.2. The van der Waals surface area contributed by atoms with Gasteiger partial charge in [-0.2, -0.15) is 0 Å². The number of hydrogen-bond donors (Lipinski definition) is 1. The highest BCUT2D eigenvalue weighted by Crippen LogP contribution is 2.25. The summed E-state index contributed by atoms with van der Waals surface area (Å²) in [6.07, 6.45) is 1.92. The lowest BCUT2D eigenvalue weighted by Crippen LogP contribution is -2.27. The summed E-state index contributed by atoms with van der Waals surface area (Å²) >= 11 is 0. The standard InChI is InChI=1S/C14H12FN5O/c15-10-5-3-4-9(8-10)12-17-11(13(18-12)19-16)14(21)20-6-1-2-7-20/h3-5,8H,1-2,6-7H2/p+1. The third-order valence-electron chi connectivity index (χ3n) is 3.48. The summed E-state index contributed by atoms with van der Waals surface area (Å²) in [5.74, 6) is -0.440. The maximum absolute atomic E-state index is 13.3. The largest absolute Gasteiger partial charge is 0.496 e. The first-order valence-corrected chi connectivity index (χ1v) is 6.69. The number of imidazole rings is 1. The fraction of sp³-hybridized carbons (Fsp3) is 0.286. The number of carbonyl (C=O) groups is 1. The van der Waals surface area contributed by atoms with Gasteiger partial charge in [0.05, 0.1) is 5.39 Å². The molecule has 3 rings (SSSR count). The quantitative estimate of drug-likeness (QED) is 0.862. The van der Waals surface area contributed by atoms with Crippen LogP contribution in [0.25, 0.3) is 16.4 Å². The van der Waals surface area contributed by atoms with Crippen molar-refractivity contribution in [2.75, 3.05) is 13.1 Å². The van der Waals surface area contributed by atoms with Crippen molar-refractivity contribution in [1.29, 1.82) is 5.39 Å². The van der Waals surface area contributed by atoms with E-state index in [1.807, 2.05) is 0 Å². The minimum atomic E-state index is -0.404. The third-order valence-corrected chi connectivity index (χ3v) is 3.48. The zero-order valence-corrected chi connectivity index (χ0v) is 11.2. The molecule has 0 unspecified atom stereocenters. The van der Waals surface area contributed by atoms with Crippen molar-refractivity contribution in [2.45, 2.75) is 12.8 Å². The van der Waals surface area contributed by atoms with E-state index in [2.05, 4.69) is 14.9 Å². The molecule has 0 radical (unpaired) electrons. The highest BCUT2D eigenvalue weighted by molar-refractivity contribution is 5.98. The maximum Gasteiger partial charge on any atom is 0.496 e. The van der Waals surface area contributed by atoms with Crippen molar-refractivity contribution in [2.24, 2.45) is 0 Å². The van der Waals surface area contributed by atoms with Gasteiger partial charge in [0.25, 0.3) is 11.7 Å². The smallest absolute Gasteiger partial charge is 0.337 e. The fourth-order valence-corrected chi connectivity index (χ4v) is 2.44. The normalized spacial score (nSPS) is 14.2. The summed E-state index contributed by atoms with van der Waals surface area (Å²) in [5, 5.41) is 9.02. The third kappa shape index (κ3) is 2.48. The molecule has 6 nitrogen and oxygen atoms in total. The van der Waals surface area contributed by atoms with Gasteiger partial charge in [-0.15, -0.1) is 0 Å². The molecule has 0 spiro atoms. The predicted octanol–water partition coefficient (Wildman–Crippen LogP) is 2.94. The topological polar surface area (TPSA) is 77.1 Å². The van der Waals surface area contributed by atoms with Crippen molar-refractivity contribution < 1.29 is 9.18 Å². The van der Waals surface area contributed by atoms with Gasteiger partial charge in [0.1, 0.15) is 5.82 Å². The van der Waals surface area contributed by atoms with Gasteiger partial charge in [0.2, 0.25) is 5.69 Å². The summed E-state index contributed by atoms with van der Waals surface area (Å²) in [6.45, 7) is 1.36. The van der Waals surface area contributed by atoms with E-state index >= 15 is 0 Å². The van der Waals surface area contributed by atoms with E-state index in [0.717, 1.165) is 12.8 Å². The highest BCUT2D eigenvalue weighted by atomic mass is 19.1. The Balaban J connectivity index is 1.98. The summed E-state index contributed by atoms with van der Waals surface area (Å²) in [7, 11) is 0. The Kier molecular flexibility index (Phi) is 3.36. The number of aromatic nitrogens is 2. The molecule has 1 saturated heterocycles. The number of likely N-dealkylation sites (tertiary alicyclic amines) is 1. The first-order valence-electron chi connectivity index (χ1n) is 6.69. The average molecular weight is 286 g/mol. The molecular formula is C14H13FN5O+. The van der Waals surface area contributed by atoms with Crippen molar-refractivity contribution in [3.05, 3.63) is 40.8 Å². The molecule has 1 amide bonds. The molecule has 0 bridgehead atoms. The molecule has 2 aromatic rings. The van der Waals surface area contributed by atoms with Gasteiger partial charge in [-0.3, -0.25) is 4.79 Å². The molecule has 106 valence electrons. The van der Waals surface area contributed by atoms with E-state index < -0.39 is 5.82 Å². The molecule has 1 aliphatic heterocycles. The average Bonchev–Trinajstić information content (AvgIpc) is 3.16. The number of halogens is 1. The minimum absolute atomic E-state index is 0.0776. The number of aromatic amines is 1. The molecule has 1 aromatic heterocycles. The van der Waals surface area contributed by atoms with E-state index in [1.54, 1.807) is 17.0 Å². The molecule has 21 heavy (non-hydrogen) atoms. The molecule has 0 saturated carbocycles. The highest BCUT2D eigenvalue weighted by Gasteiger charge is 2.32. The van der Waals surface area contributed by atoms with Crippen LogP contribution in [0.4, 0.5) is 10.2 Å². The summed E-state index contributed by atoms with van der Waals surface area (Å²) in [6, 6.07) is 5.82.